The summed E-state index contributed by atoms with van der Waals surface area (Å²) in [4.78, 5) is 0. The Hall–Kier alpha value is -0.780. The van der Waals surface area contributed by atoms with Crippen molar-refractivity contribution in [2.75, 3.05) is 6.54 Å². The SMILES string of the molecule is NCC1=C=CC=C1. The van der Waals surface area contributed by atoms with Crippen LogP contribution in [-0.4, -0.2) is 6.54 Å². The molecule has 0 bridgehead atoms. The maximum atomic E-state index is 5.26. The summed E-state index contributed by atoms with van der Waals surface area (Å²) in [5.41, 5.74) is 9.31. The van der Waals surface area contributed by atoms with Crippen LogP contribution in [0.4, 0.5) is 0 Å². The van der Waals surface area contributed by atoms with Crippen molar-refractivity contribution in [2.45, 2.75) is 0 Å². The zero-order valence-electron chi connectivity index (χ0n) is 4.02. The van der Waals surface area contributed by atoms with Crippen LogP contribution < -0.4 is 5.73 Å². The van der Waals surface area contributed by atoms with Gasteiger partial charge in [-0.2, -0.15) is 0 Å². The third kappa shape index (κ3) is 0.801. The van der Waals surface area contributed by atoms with Crippen molar-refractivity contribution in [1.82, 2.24) is 0 Å². The van der Waals surface area contributed by atoms with Gasteiger partial charge in [0.15, 0.2) is 0 Å². The van der Waals surface area contributed by atoms with Crippen molar-refractivity contribution in [3.8, 4) is 0 Å². The molecule has 1 heteroatoms. The molecular weight excluding hydrogens is 86.1 g/mol. The second-order valence-corrected chi connectivity index (χ2v) is 1.40. The second-order valence-electron chi connectivity index (χ2n) is 1.40. The molecule has 0 aliphatic heterocycles. The molecule has 0 radical (unpaired) electrons. The highest BCUT2D eigenvalue weighted by atomic mass is 14.5. The van der Waals surface area contributed by atoms with E-state index in [-0.39, 0.29) is 0 Å². The van der Waals surface area contributed by atoms with Gasteiger partial charge in [0, 0.05) is 12.1 Å². The summed E-state index contributed by atoms with van der Waals surface area (Å²) in [6.07, 6.45) is 5.75. The van der Waals surface area contributed by atoms with Crippen molar-refractivity contribution >= 4 is 0 Å². The molecule has 0 atom stereocenters. The Morgan fingerprint density at radius 1 is 1.71 bits per heavy atom. The lowest BCUT2D eigenvalue weighted by molar-refractivity contribution is 1.20. The molecule has 1 aliphatic carbocycles. The predicted molar refractivity (Wildman–Crippen MR) is 29.8 cm³/mol. The van der Waals surface area contributed by atoms with Crippen LogP contribution in [0.5, 0.6) is 0 Å². The van der Waals surface area contributed by atoms with Crippen LogP contribution in [-0.2, 0) is 0 Å². The average molecular weight is 93.1 g/mol. The molecule has 2 N–H and O–H groups in total. The summed E-state index contributed by atoms with van der Waals surface area (Å²) in [6.45, 7) is 0.604. The Balaban J connectivity index is 2.72. The zero-order chi connectivity index (χ0) is 5.11. The first-order valence-corrected chi connectivity index (χ1v) is 2.26. The number of hydrogen-bond acceptors (Lipinski definition) is 1. The summed E-state index contributed by atoms with van der Waals surface area (Å²) in [5, 5.41) is 0. The first kappa shape index (κ1) is 4.38. The van der Waals surface area contributed by atoms with Gasteiger partial charge >= 0.3 is 0 Å². The van der Waals surface area contributed by atoms with Crippen molar-refractivity contribution in [3.05, 3.63) is 29.5 Å². The topological polar surface area (TPSA) is 26.0 Å². The Morgan fingerprint density at radius 2 is 2.57 bits per heavy atom. The maximum Gasteiger partial charge on any atom is 0.0252 e. The van der Waals surface area contributed by atoms with E-state index in [4.69, 9.17) is 5.73 Å². The van der Waals surface area contributed by atoms with Gasteiger partial charge in [-0.15, -0.1) is 5.73 Å². The van der Waals surface area contributed by atoms with E-state index >= 15 is 0 Å². The lowest BCUT2D eigenvalue weighted by atomic mass is 10.3. The van der Waals surface area contributed by atoms with E-state index < -0.39 is 0 Å². The van der Waals surface area contributed by atoms with Gasteiger partial charge in [0.25, 0.3) is 0 Å². The number of rotatable bonds is 1. The van der Waals surface area contributed by atoms with Crippen LogP contribution in [0.25, 0.3) is 0 Å². The van der Waals surface area contributed by atoms with Crippen LogP contribution in [0.3, 0.4) is 0 Å². The quantitative estimate of drug-likeness (QED) is 0.472. The van der Waals surface area contributed by atoms with Gasteiger partial charge in [0.1, 0.15) is 0 Å². The minimum absolute atomic E-state index is 0.604. The average Bonchev–Trinajstić information content (AvgIpc) is 2.14. The number of nitrogens with two attached hydrogens (primary N) is 1. The van der Waals surface area contributed by atoms with Crippen LogP contribution in [0, 0.1) is 0 Å². The molecule has 0 aromatic heterocycles. The Kier molecular flexibility index (Phi) is 1.12. The fourth-order valence-electron chi connectivity index (χ4n) is 0.494. The monoisotopic (exact) mass is 93.1 g/mol. The lowest BCUT2D eigenvalue weighted by Crippen LogP contribution is -1.98. The van der Waals surface area contributed by atoms with Crippen molar-refractivity contribution in [2.24, 2.45) is 5.73 Å². The normalized spacial score (nSPS) is 15.3. The van der Waals surface area contributed by atoms with Crippen molar-refractivity contribution in [1.29, 1.82) is 0 Å². The first-order chi connectivity index (χ1) is 3.43. The minimum atomic E-state index is 0.604. The fourth-order valence-corrected chi connectivity index (χ4v) is 0.494. The molecule has 0 spiro atoms. The number of hydrogen-bond donors (Lipinski definition) is 1. The van der Waals surface area contributed by atoms with Crippen LogP contribution in [0.1, 0.15) is 0 Å². The summed E-state index contributed by atoms with van der Waals surface area (Å²) in [5.74, 6) is 0. The zero-order valence-corrected chi connectivity index (χ0v) is 4.02. The number of allylic oxidation sites excluding steroid dienone is 1. The molecule has 7 heavy (non-hydrogen) atoms. The van der Waals surface area contributed by atoms with Crippen LogP contribution in [0.15, 0.2) is 29.5 Å². The molecule has 0 aromatic carbocycles. The van der Waals surface area contributed by atoms with Crippen molar-refractivity contribution in [3.63, 3.8) is 0 Å². The molecule has 36 valence electrons. The Bertz CT molecular complexity index is 148. The Labute approximate surface area is 42.8 Å². The molecule has 0 unspecified atom stereocenters. The van der Waals surface area contributed by atoms with E-state index in [1.807, 2.05) is 18.2 Å². The molecule has 0 aromatic rings. The van der Waals surface area contributed by atoms with Gasteiger partial charge in [-0.1, -0.05) is 6.08 Å². The molecule has 1 aliphatic rings. The van der Waals surface area contributed by atoms with Gasteiger partial charge in [-0.25, -0.2) is 0 Å². The molecule has 1 nitrogen and oxygen atoms in total. The summed E-state index contributed by atoms with van der Waals surface area (Å²) in [7, 11) is 0. The Morgan fingerprint density at radius 3 is 2.86 bits per heavy atom. The molecule has 0 saturated carbocycles. The smallest absolute Gasteiger partial charge is 0.0252 e. The molecule has 0 amide bonds. The van der Waals surface area contributed by atoms with E-state index in [1.54, 1.807) is 0 Å². The minimum Gasteiger partial charge on any atom is -0.326 e. The third-order valence-corrected chi connectivity index (χ3v) is 0.882. The third-order valence-electron chi connectivity index (χ3n) is 0.882. The van der Waals surface area contributed by atoms with E-state index in [0.29, 0.717) is 6.54 Å². The summed E-state index contributed by atoms with van der Waals surface area (Å²) >= 11 is 0. The van der Waals surface area contributed by atoms with E-state index in [0.717, 1.165) is 5.57 Å². The van der Waals surface area contributed by atoms with E-state index in [2.05, 4.69) is 5.73 Å². The second kappa shape index (κ2) is 1.78. The largest absolute Gasteiger partial charge is 0.326 e. The van der Waals surface area contributed by atoms with Crippen LogP contribution >= 0.6 is 0 Å². The standard InChI is InChI=1S/C6H7N/c7-5-6-3-1-2-4-6/h1-3H,5,7H2. The highest BCUT2D eigenvalue weighted by Gasteiger charge is 1.85. The van der Waals surface area contributed by atoms with E-state index in [1.165, 1.54) is 0 Å². The highest BCUT2D eigenvalue weighted by Crippen LogP contribution is 1.96. The van der Waals surface area contributed by atoms with Crippen molar-refractivity contribution < 1.29 is 0 Å². The van der Waals surface area contributed by atoms with Gasteiger partial charge in [-0.3, -0.25) is 0 Å². The van der Waals surface area contributed by atoms with Gasteiger partial charge in [0.2, 0.25) is 0 Å². The van der Waals surface area contributed by atoms with E-state index in [9.17, 15) is 0 Å². The highest BCUT2D eigenvalue weighted by molar-refractivity contribution is 5.29. The summed E-state index contributed by atoms with van der Waals surface area (Å²) in [6, 6.07) is 0. The summed E-state index contributed by atoms with van der Waals surface area (Å²) < 4.78 is 0. The van der Waals surface area contributed by atoms with Gasteiger partial charge in [-0.05, 0) is 12.2 Å². The fraction of sp³-hybridized carbons (Fsp3) is 0.167. The maximum absolute atomic E-state index is 5.26. The molecular formula is C6H7N. The lowest BCUT2D eigenvalue weighted by Gasteiger charge is -1.82. The first-order valence-electron chi connectivity index (χ1n) is 2.26. The van der Waals surface area contributed by atoms with Gasteiger partial charge < -0.3 is 5.73 Å². The van der Waals surface area contributed by atoms with Gasteiger partial charge in [0.05, 0.1) is 0 Å². The molecule has 0 fully saturated rings. The molecule has 1 rings (SSSR count). The predicted octanol–water partition coefficient (Wildman–Crippen LogP) is 0.596. The molecule has 0 saturated heterocycles. The molecule has 0 heterocycles. The van der Waals surface area contributed by atoms with Crippen LogP contribution in [0.2, 0.25) is 0 Å².